The molecule has 0 aromatic heterocycles. The molecule has 0 bridgehead atoms. The van der Waals surface area contributed by atoms with Crippen LogP contribution in [0.2, 0.25) is 0 Å². The molecule has 0 aliphatic rings. The summed E-state index contributed by atoms with van der Waals surface area (Å²) in [5.41, 5.74) is 1.14. The second kappa shape index (κ2) is 7.53. The van der Waals surface area contributed by atoms with Crippen molar-refractivity contribution in [3.63, 3.8) is 0 Å². The number of hydrogen-bond acceptors (Lipinski definition) is 2. The zero-order valence-electron chi connectivity index (χ0n) is 13.1. The summed E-state index contributed by atoms with van der Waals surface area (Å²) in [5.74, 6) is 0.513. The smallest absolute Gasteiger partial charge is 0.131 e. The summed E-state index contributed by atoms with van der Waals surface area (Å²) in [6.07, 6.45) is 0. The van der Waals surface area contributed by atoms with Gasteiger partial charge < -0.3 is 10.6 Å². The molecule has 0 spiro atoms. The summed E-state index contributed by atoms with van der Waals surface area (Å²) >= 11 is 0. The molecule has 0 fully saturated rings. The van der Waals surface area contributed by atoms with E-state index in [9.17, 15) is 4.39 Å². The van der Waals surface area contributed by atoms with Gasteiger partial charge in [-0.3, -0.25) is 0 Å². The predicted octanol–water partition coefficient (Wildman–Crippen LogP) is 3.70. The number of hydrogen-bond donors (Lipinski definition) is 2. The van der Waals surface area contributed by atoms with E-state index in [4.69, 9.17) is 0 Å². The third-order valence-corrected chi connectivity index (χ3v) is 3.61. The molecule has 2 rings (SSSR count). The van der Waals surface area contributed by atoms with Gasteiger partial charge in [-0.1, -0.05) is 44.2 Å². The quantitative estimate of drug-likeness (QED) is 0.811. The van der Waals surface area contributed by atoms with Crippen molar-refractivity contribution < 1.29 is 4.39 Å². The SMILES string of the molecule is CC(C)CNCC(C)NCc1ccc(F)c2ccccc12. The van der Waals surface area contributed by atoms with Crippen molar-refractivity contribution in [3.8, 4) is 0 Å². The van der Waals surface area contributed by atoms with E-state index in [0.717, 1.165) is 30.6 Å². The monoisotopic (exact) mass is 288 g/mol. The maximum atomic E-state index is 13.8. The molecule has 21 heavy (non-hydrogen) atoms. The van der Waals surface area contributed by atoms with Crippen molar-refractivity contribution in [2.45, 2.75) is 33.4 Å². The minimum Gasteiger partial charge on any atom is -0.315 e. The Labute approximate surface area is 126 Å². The highest BCUT2D eigenvalue weighted by Gasteiger charge is 2.07. The van der Waals surface area contributed by atoms with E-state index in [0.29, 0.717) is 17.3 Å². The van der Waals surface area contributed by atoms with Crippen LogP contribution in [0.3, 0.4) is 0 Å². The highest BCUT2D eigenvalue weighted by molar-refractivity contribution is 5.86. The fourth-order valence-corrected chi connectivity index (χ4v) is 2.42. The van der Waals surface area contributed by atoms with Crippen LogP contribution in [0.25, 0.3) is 10.8 Å². The lowest BCUT2D eigenvalue weighted by atomic mass is 10.0. The third kappa shape index (κ3) is 4.51. The molecule has 0 saturated heterocycles. The zero-order chi connectivity index (χ0) is 15.2. The number of benzene rings is 2. The van der Waals surface area contributed by atoms with Gasteiger partial charge in [-0.15, -0.1) is 0 Å². The average molecular weight is 288 g/mol. The van der Waals surface area contributed by atoms with Crippen LogP contribution in [0.1, 0.15) is 26.3 Å². The molecule has 114 valence electrons. The van der Waals surface area contributed by atoms with Gasteiger partial charge in [0.25, 0.3) is 0 Å². The van der Waals surface area contributed by atoms with Gasteiger partial charge in [0, 0.05) is 24.5 Å². The van der Waals surface area contributed by atoms with E-state index in [2.05, 4.69) is 31.4 Å². The highest BCUT2D eigenvalue weighted by atomic mass is 19.1. The Balaban J connectivity index is 1.96. The first-order chi connectivity index (χ1) is 10.1. The Morgan fingerprint density at radius 2 is 1.67 bits per heavy atom. The molecular weight excluding hydrogens is 263 g/mol. The van der Waals surface area contributed by atoms with Gasteiger partial charge in [0.05, 0.1) is 0 Å². The third-order valence-electron chi connectivity index (χ3n) is 3.61. The van der Waals surface area contributed by atoms with E-state index in [-0.39, 0.29) is 5.82 Å². The summed E-state index contributed by atoms with van der Waals surface area (Å²) in [4.78, 5) is 0. The summed E-state index contributed by atoms with van der Waals surface area (Å²) in [7, 11) is 0. The number of rotatable bonds is 7. The van der Waals surface area contributed by atoms with Crippen molar-refractivity contribution in [3.05, 3.63) is 47.8 Å². The normalized spacial score (nSPS) is 13.0. The van der Waals surface area contributed by atoms with Crippen LogP contribution in [0.15, 0.2) is 36.4 Å². The van der Waals surface area contributed by atoms with E-state index in [1.807, 2.05) is 30.3 Å². The highest BCUT2D eigenvalue weighted by Crippen LogP contribution is 2.21. The molecule has 2 aromatic rings. The maximum absolute atomic E-state index is 13.8. The van der Waals surface area contributed by atoms with E-state index >= 15 is 0 Å². The lowest BCUT2D eigenvalue weighted by Crippen LogP contribution is -2.37. The summed E-state index contributed by atoms with van der Waals surface area (Å²) < 4.78 is 13.8. The first-order valence-corrected chi connectivity index (χ1v) is 7.68. The Kier molecular flexibility index (Phi) is 5.71. The standard InChI is InChI=1S/C18H25FN2/c1-13(2)10-20-11-14(3)21-12-15-8-9-18(19)17-7-5-4-6-16(15)17/h4-9,13-14,20-21H,10-12H2,1-3H3. The summed E-state index contributed by atoms with van der Waals surface area (Å²) in [6.45, 7) is 9.30. The molecule has 2 aromatic carbocycles. The van der Waals surface area contributed by atoms with Gasteiger partial charge in [-0.05, 0) is 36.4 Å². The van der Waals surface area contributed by atoms with Crippen molar-refractivity contribution in [2.24, 2.45) is 5.92 Å². The molecular formula is C18H25FN2. The molecule has 3 heteroatoms. The number of fused-ring (bicyclic) bond motifs is 1. The largest absolute Gasteiger partial charge is 0.315 e. The topological polar surface area (TPSA) is 24.1 Å². The number of halogens is 1. The maximum Gasteiger partial charge on any atom is 0.131 e. The van der Waals surface area contributed by atoms with Crippen LogP contribution in [-0.4, -0.2) is 19.1 Å². The van der Waals surface area contributed by atoms with Gasteiger partial charge in [0.2, 0.25) is 0 Å². The predicted molar refractivity (Wildman–Crippen MR) is 87.9 cm³/mol. The van der Waals surface area contributed by atoms with Crippen molar-refractivity contribution in [2.75, 3.05) is 13.1 Å². The van der Waals surface area contributed by atoms with E-state index in [1.54, 1.807) is 6.07 Å². The van der Waals surface area contributed by atoms with Crippen molar-refractivity contribution >= 4 is 10.8 Å². The summed E-state index contributed by atoms with van der Waals surface area (Å²) in [6, 6.07) is 11.5. The fourth-order valence-electron chi connectivity index (χ4n) is 2.42. The zero-order valence-corrected chi connectivity index (χ0v) is 13.1. The molecule has 0 heterocycles. The molecule has 2 nitrogen and oxygen atoms in total. The van der Waals surface area contributed by atoms with Gasteiger partial charge in [-0.25, -0.2) is 4.39 Å². The van der Waals surface area contributed by atoms with Crippen molar-refractivity contribution in [1.29, 1.82) is 0 Å². The van der Waals surface area contributed by atoms with Gasteiger partial charge in [0.1, 0.15) is 5.82 Å². The minimum absolute atomic E-state index is 0.152. The fraction of sp³-hybridized carbons (Fsp3) is 0.444. The first kappa shape index (κ1) is 15.9. The Bertz CT molecular complexity index is 580. The van der Waals surface area contributed by atoms with Gasteiger partial charge in [-0.2, -0.15) is 0 Å². The van der Waals surface area contributed by atoms with Crippen LogP contribution in [0, 0.1) is 11.7 Å². The van der Waals surface area contributed by atoms with E-state index < -0.39 is 0 Å². The van der Waals surface area contributed by atoms with Crippen LogP contribution in [0.5, 0.6) is 0 Å². The minimum atomic E-state index is -0.152. The molecule has 2 N–H and O–H groups in total. The van der Waals surface area contributed by atoms with Gasteiger partial charge in [0.15, 0.2) is 0 Å². The molecule has 0 radical (unpaired) electrons. The molecule has 0 aliphatic heterocycles. The second-order valence-electron chi connectivity index (χ2n) is 6.09. The molecule has 0 aliphatic carbocycles. The number of nitrogens with one attached hydrogen (secondary N) is 2. The van der Waals surface area contributed by atoms with Crippen LogP contribution in [-0.2, 0) is 6.54 Å². The summed E-state index contributed by atoms with van der Waals surface area (Å²) in [5, 5.41) is 8.63. The molecule has 0 saturated carbocycles. The van der Waals surface area contributed by atoms with Crippen LogP contribution < -0.4 is 10.6 Å². The molecule has 0 amide bonds. The van der Waals surface area contributed by atoms with Crippen LogP contribution in [0.4, 0.5) is 4.39 Å². The first-order valence-electron chi connectivity index (χ1n) is 7.68. The van der Waals surface area contributed by atoms with E-state index in [1.165, 1.54) is 0 Å². The average Bonchev–Trinajstić information content (AvgIpc) is 2.46. The molecule has 1 unspecified atom stereocenters. The Hall–Kier alpha value is -1.45. The lowest BCUT2D eigenvalue weighted by Gasteiger charge is -2.16. The Morgan fingerprint density at radius 1 is 0.952 bits per heavy atom. The van der Waals surface area contributed by atoms with Crippen LogP contribution >= 0.6 is 0 Å². The second-order valence-corrected chi connectivity index (χ2v) is 6.09. The lowest BCUT2D eigenvalue weighted by molar-refractivity contribution is 0.472. The molecule has 1 atom stereocenters. The van der Waals surface area contributed by atoms with Gasteiger partial charge >= 0.3 is 0 Å². The Morgan fingerprint density at radius 3 is 2.38 bits per heavy atom. The van der Waals surface area contributed by atoms with Crippen molar-refractivity contribution in [1.82, 2.24) is 10.6 Å².